The fourth-order valence-corrected chi connectivity index (χ4v) is 1.34. The largest absolute Gasteiger partial charge is 0.497 e. The summed E-state index contributed by atoms with van der Waals surface area (Å²) in [5.74, 6) is -0.0874. The Hall–Kier alpha value is -0.930. The summed E-state index contributed by atoms with van der Waals surface area (Å²) in [6, 6.07) is 3.00. The molecule has 0 bridgehead atoms. The Kier molecular flexibility index (Phi) is 3.61. The smallest absolute Gasteiger partial charge is 0.339 e. The predicted molar refractivity (Wildman–Crippen MR) is 54.4 cm³/mol. The van der Waals surface area contributed by atoms with E-state index in [2.05, 4.69) is 4.74 Å². The van der Waals surface area contributed by atoms with Crippen LogP contribution in [-0.2, 0) is 4.74 Å². The number of carbonyl (C=O) groups is 1. The molecule has 1 aromatic rings. The normalized spacial score (nSPS) is 9.71. The van der Waals surface area contributed by atoms with Gasteiger partial charge in [0.15, 0.2) is 0 Å². The number of ether oxygens (including phenoxy) is 2. The molecule has 0 aliphatic carbocycles. The molecule has 0 aliphatic heterocycles. The van der Waals surface area contributed by atoms with Gasteiger partial charge in [0.1, 0.15) is 5.75 Å². The number of benzene rings is 1. The molecule has 0 radical (unpaired) electrons. The number of halogens is 2. The predicted octanol–water partition coefficient (Wildman–Crippen LogP) is 2.79. The van der Waals surface area contributed by atoms with Crippen LogP contribution in [0.4, 0.5) is 0 Å². The summed E-state index contributed by atoms with van der Waals surface area (Å²) in [7, 11) is 2.74. The Bertz CT molecular complexity index is 363. The van der Waals surface area contributed by atoms with Gasteiger partial charge in [0.25, 0.3) is 0 Å². The van der Waals surface area contributed by atoms with Crippen LogP contribution in [0.25, 0.3) is 0 Å². The second kappa shape index (κ2) is 4.53. The zero-order valence-electron chi connectivity index (χ0n) is 7.64. The van der Waals surface area contributed by atoms with Gasteiger partial charge in [-0.05, 0) is 6.07 Å². The fourth-order valence-electron chi connectivity index (χ4n) is 0.941. The van der Waals surface area contributed by atoms with Crippen molar-refractivity contribution in [3.8, 4) is 5.75 Å². The number of carbonyl (C=O) groups excluding carboxylic acids is 1. The SMILES string of the molecule is COC(=O)c1cc(OC)cc(Cl)c1Cl. The van der Waals surface area contributed by atoms with E-state index in [0.717, 1.165) is 0 Å². The monoisotopic (exact) mass is 234 g/mol. The van der Waals surface area contributed by atoms with E-state index in [1.54, 1.807) is 0 Å². The molecule has 0 unspecified atom stereocenters. The molecular weight excluding hydrogens is 227 g/mol. The van der Waals surface area contributed by atoms with Gasteiger partial charge in [0.2, 0.25) is 0 Å². The van der Waals surface area contributed by atoms with Crippen molar-refractivity contribution in [2.75, 3.05) is 14.2 Å². The third-order valence-electron chi connectivity index (χ3n) is 1.64. The third-order valence-corrected chi connectivity index (χ3v) is 2.44. The average Bonchev–Trinajstić information content (AvgIpc) is 2.20. The molecule has 0 saturated heterocycles. The van der Waals surface area contributed by atoms with Crippen LogP contribution >= 0.6 is 23.2 Å². The quantitative estimate of drug-likeness (QED) is 0.739. The van der Waals surface area contributed by atoms with Crippen molar-refractivity contribution in [3.05, 3.63) is 27.7 Å². The van der Waals surface area contributed by atoms with E-state index in [4.69, 9.17) is 27.9 Å². The van der Waals surface area contributed by atoms with Crippen LogP contribution in [0.1, 0.15) is 10.4 Å². The van der Waals surface area contributed by atoms with E-state index in [0.29, 0.717) is 5.75 Å². The standard InChI is InChI=1S/C9H8Cl2O3/c1-13-5-3-6(9(12)14-2)8(11)7(10)4-5/h3-4H,1-2H3. The molecule has 14 heavy (non-hydrogen) atoms. The van der Waals surface area contributed by atoms with Crippen molar-refractivity contribution < 1.29 is 14.3 Å². The molecule has 0 aliphatic rings. The minimum absolute atomic E-state index is 0.166. The van der Waals surface area contributed by atoms with E-state index in [-0.39, 0.29) is 15.6 Å². The van der Waals surface area contributed by atoms with E-state index in [9.17, 15) is 4.79 Å². The van der Waals surface area contributed by atoms with E-state index in [1.165, 1.54) is 26.4 Å². The molecule has 0 atom stereocenters. The molecule has 0 aromatic heterocycles. The first-order valence-corrected chi connectivity index (χ1v) is 4.47. The molecule has 0 N–H and O–H groups in total. The molecular formula is C9H8Cl2O3. The van der Waals surface area contributed by atoms with E-state index in [1.807, 2.05) is 0 Å². The molecule has 0 heterocycles. The third kappa shape index (κ3) is 2.11. The highest BCUT2D eigenvalue weighted by atomic mass is 35.5. The summed E-state index contributed by atoms with van der Waals surface area (Å²) in [6.45, 7) is 0. The molecule has 0 saturated carbocycles. The average molecular weight is 235 g/mol. The topological polar surface area (TPSA) is 35.5 Å². The second-order valence-electron chi connectivity index (χ2n) is 2.46. The van der Waals surface area contributed by atoms with Gasteiger partial charge >= 0.3 is 5.97 Å². The Morgan fingerprint density at radius 1 is 1.29 bits per heavy atom. The van der Waals surface area contributed by atoms with Crippen molar-refractivity contribution in [3.63, 3.8) is 0 Å². The summed E-state index contributed by atoms with van der Waals surface area (Å²) in [5, 5.41) is 0.422. The number of methoxy groups -OCH3 is 2. The van der Waals surface area contributed by atoms with Gasteiger partial charge in [0, 0.05) is 6.07 Å². The maximum atomic E-state index is 11.2. The number of rotatable bonds is 2. The summed E-state index contributed by atoms with van der Waals surface area (Å²) in [4.78, 5) is 11.2. The summed E-state index contributed by atoms with van der Waals surface area (Å²) in [6.07, 6.45) is 0. The van der Waals surface area contributed by atoms with Crippen LogP contribution < -0.4 is 4.74 Å². The molecule has 1 rings (SSSR count). The second-order valence-corrected chi connectivity index (χ2v) is 3.25. The maximum Gasteiger partial charge on any atom is 0.339 e. The van der Waals surface area contributed by atoms with Crippen molar-refractivity contribution in [1.29, 1.82) is 0 Å². The number of hydrogen-bond donors (Lipinski definition) is 0. The minimum atomic E-state index is -0.546. The summed E-state index contributed by atoms with van der Waals surface area (Å²) in [5.41, 5.74) is 0.193. The lowest BCUT2D eigenvalue weighted by Gasteiger charge is -2.06. The molecule has 0 amide bonds. The van der Waals surface area contributed by atoms with Crippen molar-refractivity contribution in [1.82, 2.24) is 0 Å². The van der Waals surface area contributed by atoms with E-state index >= 15 is 0 Å². The molecule has 1 aromatic carbocycles. The number of esters is 1. The lowest BCUT2D eigenvalue weighted by Crippen LogP contribution is -2.02. The van der Waals surface area contributed by atoms with Gasteiger partial charge in [-0.3, -0.25) is 0 Å². The van der Waals surface area contributed by atoms with Crippen LogP contribution in [0.3, 0.4) is 0 Å². The highest BCUT2D eigenvalue weighted by molar-refractivity contribution is 6.43. The Labute approximate surface area is 91.5 Å². The first-order chi connectivity index (χ1) is 6.60. The summed E-state index contributed by atoms with van der Waals surface area (Å²) >= 11 is 11.6. The first kappa shape index (κ1) is 11.1. The van der Waals surface area contributed by atoms with Crippen LogP contribution in [0, 0.1) is 0 Å². The molecule has 3 nitrogen and oxygen atoms in total. The first-order valence-electron chi connectivity index (χ1n) is 3.71. The van der Waals surface area contributed by atoms with Crippen molar-refractivity contribution >= 4 is 29.2 Å². The highest BCUT2D eigenvalue weighted by Gasteiger charge is 2.15. The molecule has 76 valence electrons. The molecule has 5 heteroatoms. The van der Waals surface area contributed by atoms with Crippen LogP contribution in [0.5, 0.6) is 5.75 Å². The number of hydrogen-bond acceptors (Lipinski definition) is 3. The lowest BCUT2D eigenvalue weighted by molar-refractivity contribution is 0.0600. The minimum Gasteiger partial charge on any atom is -0.497 e. The van der Waals surface area contributed by atoms with Crippen LogP contribution in [0.2, 0.25) is 10.0 Å². The fraction of sp³-hybridized carbons (Fsp3) is 0.222. The molecule has 0 spiro atoms. The van der Waals surface area contributed by atoms with Gasteiger partial charge in [-0.15, -0.1) is 0 Å². The Morgan fingerprint density at radius 3 is 2.43 bits per heavy atom. The van der Waals surface area contributed by atoms with Gasteiger partial charge in [-0.1, -0.05) is 23.2 Å². The van der Waals surface area contributed by atoms with Crippen molar-refractivity contribution in [2.24, 2.45) is 0 Å². The Morgan fingerprint density at radius 2 is 1.93 bits per heavy atom. The maximum absolute atomic E-state index is 11.2. The lowest BCUT2D eigenvalue weighted by atomic mass is 10.2. The zero-order valence-corrected chi connectivity index (χ0v) is 9.15. The van der Waals surface area contributed by atoms with Crippen LogP contribution in [-0.4, -0.2) is 20.2 Å². The van der Waals surface area contributed by atoms with Crippen molar-refractivity contribution in [2.45, 2.75) is 0 Å². The van der Waals surface area contributed by atoms with Gasteiger partial charge in [-0.25, -0.2) is 4.79 Å². The van der Waals surface area contributed by atoms with Crippen LogP contribution in [0.15, 0.2) is 12.1 Å². The van der Waals surface area contributed by atoms with Gasteiger partial charge < -0.3 is 9.47 Å². The van der Waals surface area contributed by atoms with Gasteiger partial charge in [-0.2, -0.15) is 0 Å². The van der Waals surface area contributed by atoms with E-state index < -0.39 is 5.97 Å². The highest BCUT2D eigenvalue weighted by Crippen LogP contribution is 2.31. The zero-order chi connectivity index (χ0) is 10.7. The Balaban J connectivity index is 3.27. The van der Waals surface area contributed by atoms with Gasteiger partial charge in [0.05, 0.1) is 29.8 Å². The molecule has 0 fully saturated rings. The summed E-state index contributed by atoms with van der Waals surface area (Å²) < 4.78 is 9.47.